The molecule has 1 saturated heterocycles. The zero-order valence-corrected chi connectivity index (χ0v) is 9.02. The summed E-state index contributed by atoms with van der Waals surface area (Å²) in [6.07, 6.45) is 0.390. The monoisotopic (exact) mass is 221 g/mol. The molecule has 1 unspecified atom stereocenters. The summed E-state index contributed by atoms with van der Waals surface area (Å²) in [6, 6.07) is 7.44. The second-order valence-corrected chi connectivity index (χ2v) is 3.73. The van der Waals surface area contributed by atoms with Gasteiger partial charge in [-0.3, -0.25) is 4.79 Å². The van der Waals surface area contributed by atoms with Crippen molar-refractivity contribution in [2.24, 2.45) is 5.73 Å². The van der Waals surface area contributed by atoms with Crippen molar-refractivity contribution >= 4 is 5.78 Å². The quantitative estimate of drug-likeness (QED) is 0.777. The van der Waals surface area contributed by atoms with Crippen LogP contribution < -0.4 is 5.73 Å². The summed E-state index contributed by atoms with van der Waals surface area (Å²) in [7, 11) is 0. The van der Waals surface area contributed by atoms with E-state index in [1.54, 1.807) is 0 Å². The zero-order valence-electron chi connectivity index (χ0n) is 9.02. The molecule has 2 N–H and O–H groups in total. The Kier molecular flexibility index (Phi) is 3.66. The number of ether oxygens (including phenoxy) is 2. The van der Waals surface area contributed by atoms with Gasteiger partial charge < -0.3 is 15.2 Å². The molecule has 4 heteroatoms. The van der Waals surface area contributed by atoms with Crippen LogP contribution in [0.15, 0.2) is 24.3 Å². The van der Waals surface area contributed by atoms with Crippen molar-refractivity contribution in [1.29, 1.82) is 0 Å². The summed E-state index contributed by atoms with van der Waals surface area (Å²) < 4.78 is 10.5. The number of Topliss-reactive ketones (excluding diaryl/α,β-unsaturated/α-hetero) is 1. The number of ketones is 1. The van der Waals surface area contributed by atoms with Crippen LogP contribution in [0.4, 0.5) is 0 Å². The molecule has 0 aromatic heterocycles. The highest BCUT2D eigenvalue weighted by Crippen LogP contribution is 2.22. The molecule has 1 heterocycles. The van der Waals surface area contributed by atoms with Gasteiger partial charge in [-0.1, -0.05) is 24.3 Å². The van der Waals surface area contributed by atoms with E-state index in [2.05, 4.69) is 0 Å². The fourth-order valence-electron chi connectivity index (χ4n) is 1.69. The number of rotatable bonds is 4. The Balaban J connectivity index is 2.06. The minimum Gasteiger partial charge on any atom is -0.352 e. The third-order valence-corrected chi connectivity index (χ3v) is 2.60. The molecule has 1 aliphatic rings. The maximum absolute atomic E-state index is 11.5. The average Bonchev–Trinajstić information content (AvgIpc) is 2.83. The van der Waals surface area contributed by atoms with Crippen LogP contribution in [-0.4, -0.2) is 25.7 Å². The maximum Gasteiger partial charge on any atom is 0.164 e. The van der Waals surface area contributed by atoms with Gasteiger partial charge in [0.15, 0.2) is 5.78 Å². The first-order chi connectivity index (χ1) is 7.81. The van der Waals surface area contributed by atoms with Crippen LogP contribution in [0.25, 0.3) is 0 Å². The Hall–Kier alpha value is -1.23. The van der Waals surface area contributed by atoms with E-state index in [1.807, 2.05) is 24.3 Å². The number of benzene rings is 1. The van der Waals surface area contributed by atoms with Gasteiger partial charge in [0.2, 0.25) is 0 Å². The normalized spacial score (nSPS) is 19.9. The van der Waals surface area contributed by atoms with Gasteiger partial charge in [-0.2, -0.15) is 0 Å². The van der Waals surface area contributed by atoms with E-state index < -0.39 is 0 Å². The van der Waals surface area contributed by atoms with Crippen molar-refractivity contribution < 1.29 is 14.3 Å². The summed E-state index contributed by atoms with van der Waals surface area (Å²) in [5.41, 5.74) is 7.08. The molecule has 0 aliphatic carbocycles. The first-order valence-corrected chi connectivity index (χ1v) is 5.34. The summed E-state index contributed by atoms with van der Waals surface area (Å²) in [5, 5.41) is 0. The molecular formula is C12H15NO3. The molecule has 2 rings (SSSR count). The van der Waals surface area contributed by atoms with E-state index in [0.29, 0.717) is 31.9 Å². The highest BCUT2D eigenvalue weighted by Gasteiger charge is 2.18. The van der Waals surface area contributed by atoms with Crippen LogP contribution in [-0.2, 0) is 9.47 Å². The molecule has 1 aromatic rings. The third kappa shape index (κ3) is 2.47. The smallest absolute Gasteiger partial charge is 0.164 e. The van der Waals surface area contributed by atoms with E-state index in [9.17, 15) is 4.79 Å². The van der Waals surface area contributed by atoms with Crippen molar-refractivity contribution in [2.75, 3.05) is 19.9 Å². The van der Waals surface area contributed by atoms with Gasteiger partial charge in [0, 0.05) is 12.0 Å². The van der Waals surface area contributed by atoms with Crippen molar-refractivity contribution in [3.05, 3.63) is 35.4 Å². The largest absolute Gasteiger partial charge is 0.352 e. The van der Waals surface area contributed by atoms with Crippen LogP contribution in [0.3, 0.4) is 0 Å². The Morgan fingerprint density at radius 1 is 1.38 bits per heavy atom. The molecule has 16 heavy (non-hydrogen) atoms. The van der Waals surface area contributed by atoms with Crippen molar-refractivity contribution in [1.82, 2.24) is 0 Å². The lowest BCUT2D eigenvalue weighted by Crippen LogP contribution is -2.08. The van der Waals surface area contributed by atoms with Gasteiger partial charge in [0.05, 0.1) is 6.61 Å². The molecule has 0 bridgehead atoms. The second-order valence-electron chi connectivity index (χ2n) is 3.73. The van der Waals surface area contributed by atoms with Crippen LogP contribution in [0.5, 0.6) is 0 Å². The molecule has 1 aromatic carbocycles. The van der Waals surface area contributed by atoms with Gasteiger partial charge in [-0.25, -0.2) is 0 Å². The topological polar surface area (TPSA) is 61.6 Å². The molecule has 0 saturated carbocycles. The predicted octanol–water partition coefficient (Wildman–Crippen LogP) is 1.26. The van der Waals surface area contributed by atoms with Gasteiger partial charge in [0.1, 0.15) is 12.9 Å². The molecule has 1 aliphatic heterocycles. The number of hydrogen-bond donors (Lipinski definition) is 1. The highest BCUT2D eigenvalue weighted by molar-refractivity contribution is 5.96. The lowest BCUT2D eigenvalue weighted by molar-refractivity contribution is 0.0466. The minimum atomic E-state index is -0.00124. The highest BCUT2D eigenvalue weighted by atomic mass is 16.7. The van der Waals surface area contributed by atoms with Gasteiger partial charge in [0.25, 0.3) is 0 Å². The average molecular weight is 221 g/mol. The molecule has 1 fully saturated rings. The number of hydrogen-bond acceptors (Lipinski definition) is 4. The van der Waals surface area contributed by atoms with Crippen LogP contribution in [0.2, 0.25) is 0 Å². The van der Waals surface area contributed by atoms with Gasteiger partial charge >= 0.3 is 0 Å². The molecule has 1 atom stereocenters. The van der Waals surface area contributed by atoms with Gasteiger partial charge in [-0.15, -0.1) is 0 Å². The van der Waals surface area contributed by atoms with E-state index >= 15 is 0 Å². The minimum absolute atomic E-state index is 0.00124. The van der Waals surface area contributed by atoms with Crippen molar-refractivity contribution in [3.63, 3.8) is 0 Å². The summed E-state index contributed by atoms with van der Waals surface area (Å²) in [5.74, 6) is 0.0811. The Morgan fingerprint density at radius 2 is 2.12 bits per heavy atom. The fourth-order valence-corrected chi connectivity index (χ4v) is 1.69. The summed E-state index contributed by atoms with van der Waals surface area (Å²) >= 11 is 0. The number of carbonyl (C=O) groups is 1. The van der Waals surface area contributed by atoms with Crippen LogP contribution in [0, 0.1) is 0 Å². The third-order valence-electron chi connectivity index (χ3n) is 2.60. The number of nitrogens with two attached hydrogens (primary N) is 1. The van der Waals surface area contributed by atoms with Crippen molar-refractivity contribution in [3.8, 4) is 0 Å². The second kappa shape index (κ2) is 5.21. The fraction of sp³-hybridized carbons (Fsp3) is 0.417. The lowest BCUT2D eigenvalue weighted by atomic mass is 10.0. The van der Waals surface area contributed by atoms with Gasteiger partial charge in [-0.05, 0) is 12.1 Å². The zero-order chi connectivity index (χ0) is 11.4. The van der Waals surface area contributed by atoms with E-state index in [-0.39, 0.29) is 11.9 Å². The molecule has 0 amide bonds. The summed E-state index contributed by atoms with van der Waals surface area (Å²) in [6.45, 7) is 1.31. The standard InChI is InChI=1S/C12H15NO3/c13-6-5-11(14)9-1-3-10(4-2-9)12-7-15-8-16-12/h1-4,12H,5-8,13H2. The molecule has 0 radical (unpaired) electrons. The maximum atomic E-state index is 11.5. The molecule has 0 spiro atoms. The first-order valence-electron chi connectivity index (χ1n) is 5.34. The van der Waals surface area contributed by atoms with Crippen LogP contribution >= 0.6 is 0 Å². The first kappa shape index (κ1) is 11.3. The SMILES string of the molecule is NCCC(=O)c1ccc(C2COCO2)cc1. The predicted molar refractivity (Wildman–Crippen MR) is 59.1 cm³/mol. The summed E-state index contributed by atoms with van der Waals surface area (Å²) in [4.78, 5) is 11.5. The van der Waals surface area contributed by atoms with Crippen molar-refractivity contribution in [2.45, 2.75) is 12.5 Å². The Bertz CT molecular complexity index is 355. The Labute approximate surface area is 94.3 Å². The lowest BCUT2D eigenvalue weighted by Gasteiger charge is -2.08. The van der Waals surface area contributed by atoms with E-state index in [0.717, 1.165) is 5.56 Å². The van der Waals surface area contributed by atoms with E-state index in [1.165, 1.54) is 0 Å². The Morgan fingerprint density at radius 3 is 2.69 bits per heavy atom. The number of carbonyl (C=O) groups excluding carboxylic acids is 1. The molecular weight excluding hydrogens is 206 g/mol. The van der Waals surface area contributed by atoms with E-state index in [4.69, 9.17) is 15.2 Å². The molecule has 86 valence electrons. The molecule has 4 nitrogen and oxygen atoms in total. The van der Waals surface area contributed by atoms with Crippen LogP contribution in [0.1, 0.15) is 28.4 Å².